The van der Waals surface area contributed by atoms with Gasteiger partial charge in [-0.3, -0.25) is 14.9 Å². The molecule has 0 fully saturated rings. The third-order valence-corrected chi connectivity index (χ3v) is 4.08. The van der Waals surface area contributed by atoms with Crippen molar-refractivity contribution in [3.05, 3.63) is 51.3 Å². The first kappa shape index (κ1) is 18.7. The van der Waals surface area contributed by atoms with E-state index in [0.717, 1.165) is 15.8 Å². The fourth-order valence-corrected chi connectivity index (χ4v) is 2.50. The summed E-state index contributed by atoms with van der Waals surface area (Å²) in [5.41, 5.74) is 9.90. The number of carbonyl (C=O) groups is 1. The van der Waals surface area contributed by atoms with Gasteiger partial charge in [0.1, 0.15) is 18.1 Å². The Balaban J connectivity index is 1.68. The molecule has 28 heavy (non-hydrogen) atoms. The molecule has 0 spiro atoms. The van der Waals surface area contributed by atoms with Gasteiger partial charge in [0.05, 0.1) is 11.1 Å². The molecule has 3 rings (SSSR count). The molecule has 12 heteroatoms. The number of nitrogens with two attached hydrogens (primary N) is 1. The maximum Gasteiger partial charge on any atom is 0.272 e. The summed E-state index contributed by atoms with van der Waals surface area (Å²) in [6.45, 7) is 3.30. The average molecular weight is 384 g/mol. The molecule has 0 aliphatic rings. The van der Waals surface area contributed by atoms with E-state index in [1.807, 2.05) is 0 Å². The Bertz CT molecular complexity index is 1070. The highest BCUT2D eigenvalue weighted by Crippen LogP contribution is 2.31. The summed E-state index contributed by atoms with van der Waals surface area (Å²) in [6.07, 6.45) is 1.33. The predicted molar refractivity (Wildman–Crippen MR) is 98.2 cm³/mol. The van der Waals surface area contributed by atoms with Crippen molar-refractivity contribution in [1.82, 2.24) is 25.6 Å². The van der Waals surface area contributed by atoms with Gasteiger partial charge in [0, 0.05) is 17.2 Å². The number of nitro benzene ring substituents is 1. The van der Waals surface area contributed by atoms with Gasteiger partial charge in [-0.05, 0) is 48.0 Å². The first-order valence-electron chi connectivity index (χ1n) is 8.05. The number of hydrogen-bond acceptors (Lipinski definition) is 9. The molecule has 1 amide bonds. The summed E-state index contributed by atoms with van der Waals surface area (Å²) in [6, 6.07) is 6.47. The van der Waals surface area contributed by atoms with Crippen molar-refractivity contribution in [2.45, 2.75) is 20.4 Å². The predicted octanol–water partition coefficient (Wildman–Crippen LogP) is 1.19. The molecule has 2 heterocycles. The topological polar surface area (TPSA) is 167 Å². The van der Waals surface area contributed by atoms with Crippen molar-refractivity contribution in [3.8, 4) is 11.3 Å². The minimum Gasteiger partial charge on any atom is -0.455 e. The number of aromatic nitrogens is 4. The molecular formula is C16H16N8O4. The van der Waals surface area contributed by atoms with Crippen LogP contribution < -0.4 is 11.2 Å². The molecule has 3 aromatic rings. The summed E-state index contributed by atoms with van der Waals surface area (Å²) in [4.78, 5) is 22.4. The minimum absolute atomic E-state index is 0.0172. The zero-order chi connectivity index (χ0) is 20.3. The number of nitrogens with one attached hydrogen (secondary N) is 1. The molecule has 2 aromatic heterocycles. The van der Waals surface area contributed by atoms with Gasteiger partial charge in [-0.25, -0.2) is 10.1 Å². The number of nitrogens with zero attached hydrogens (tertiary/aromatic N) is 6. The first-order chi connectivity index (χ1) is 13.4. The Morgan fingerprint density at radius 2 is 2.14 bits per heavy atom. The van der Waals surface area contributed by atoms with Gasteiger partial charge in [-0.2, -0.15) is 5.10 Å². The van der Waals surface area contributed by atoms with Crippen LogP contribution in [-0.4, -0.2) is 37.3 Å². The maximum atomic E-state index is 11.8. The quantitative estimate of drug-likeness (QED) is 0.363. The van der Waals surface area contributed by atoms with Crippen molar-refractivity contribution in [1.29, 1.82) is 0 Å². The van der Waals surface area contributed by atoms with Crippen LogP contribution in [0.15, 0.2) is 33.8 Å². The van der Waals surface area contributed by atoms with Crippen LogP contribution in [0.1, 0.15) is 16.9 Å². The van der Waals surface area contributed by atoms with Crippen molar-refractivity contribution < 1.29 is 14.1 Å². The number of amides is 1. The van der Waals surface area contributed by atoms with Crippen LogP contribution >= 0.6 is 0 Å². The molecule has 0 saturated carbocycles. The van der Waals surface area contributed by atoms with Crippen molar-refractivity contribution >= 4 is 23.8 Å². The van der Waals surface area contributed by atoms with Gasteiger partial charge >= 0.3 is 0 Å². The van der Waals surface area contributed by atoms with E-state index >= 15 is 0 Å². The molecule has 3 N–H and O–H groups in total. The Labute approximate surface area is 158 Å². The fourth-order valence-electron chi connectivity index (χ4n) is 2.50. The monoisotopic (exact) mass is 384 g/mol. The number of furan rings is 1. The second kappa shape index (κ2) is 7.65. The molecule has 1 aromatic carbocycles. The van der Waals surface area contributed by atoms with Crippen LogP contribution in [0.5, 0.6) is 0 Å². The summed E-state index contributed by atoms with van der Waals surface area (Å²) in [7, 11) is 0. The number of benzene rings is 1. The van der Waals surface area contributed by atoms with E-state index in [1.165, 1.54) is 12.3 Å². The highest BCUT2D eigenvalue weighted by atomic mass is 16.6. The highest BCUT2D eigenvalue weighted by molar-refractivity contribution is 5.81. The van der Waals surface area contributed by atoms with Gasteiger partial charge in [0.2, 0.25) is 5.95 Å². The lowest BCUT2D eigenvalue weighted by molar-refractivity contribution is -0.385. The van der Waals surface area contributed by atoms with Crippen LogP contribution in [0.2, 0.25) is 0 Å². The van der Waals surface area contributed by atoms with Gasteiger partial charge in [-0.15, -0.1) is 0 Å². The minimum atomic E-state index is -0.469. The molecule has 0 aliphatic carbocycles. The zero-order valence-electron chi connectivity index (χ0n) is 15.0. The third-order valence-electron chi connectivity index (χ3n) is 4.08. The highest BCUT2D eigenvalue weighted by Gasteiger charge is 2.17. The Kier molecular flexibility index (Phi) is 5.11. The lowest BCUT2D eigenvalue weighted by Crippen LogP contribution is -2.24. The molecule has 0 aliphatic heterocycles. The SMILES string of the molecule is Cc1c(-c2ccc(/C=N\NC(=O)Cn3nnnc3N)o2)ccc([N+](=O)[O-])c1C. The van der Waals surface area contributed by atoms with E-state index in [4.69, 9.17) is 10.2 Å². The summed E-state index contributed by atoms with van der Waals surface area (Å²) in [5.74, 6) is 0.477. The Morgan fingerprint density at radius 3 is 2.82 bits per heavy atom. The van der Waals surface area contributed by atoms with Crippen LogP contribution in [0.3, 0.4) is 0 Å². The number of nitro groups is 1. The molecule has 0 bridgehead atoms. The Hall–Kier alpha value is -4.09. The molecule has 12 nitrogen and oxygen atoms in total. The largest absolute Gasteiger partial charge is 0.455 e. The second-order valence-corrected chi connectivity index (χ2v) is 5.83. The van der Waals surface area contributed by atoms with Crippen molar-refractivity contribution in [2.24, 2.45) is 5.10 Å². The van der Waals surface area contributed by atoms with Crippen LogP contribution in [-0.2, 0) is 11.3 Å². The van der Waals surface area contributed by atoms with Crippen LogP contribution in [0.4, 0.5) is 11.6 Å². The van der Waals surface area contributed by atoms with Gasteiger partial charge < -0.3 is 10.2 Å². The van der Waals surface area contributed by atoms with Crippen LogP contribution in [0.25, 0.3) is 11.3 Å². The fraction of sp³-hybridized carbons (Fsp3) is 0.188. The van der Waals surface area contributed by atoms with Gasteiger partial charge in [0.15, 0.2) is 0 Å². The second-order valence-electron chi connectivity index (χ2n) is 5.83. The Morgan fingerprint density at radius 1 is 1.36 bits per heavy atom. The molecule has 0 saturated heterocycles. The number of carbonyl (C=O) groups excluding carboxylic acids is 1. The molecule has 0 unspecified atom stereocenters. The number of hydrogen-bond donors (Lipinski definition) is 2. The van der Waals surface area contributed by atoms with E-state index in [1.54, 1.807) is 32.0 Å². The lowest BCUT2D eigenvalue weighted by Gasteiger charge is -2.06. The van der Waals surface area contributed by atoms with Gasteiger partial charge in [-0.1, -0.05) is 5.10 Å². The van der Waals surface area contributed by atoms with Crippen molar-refractivity contribution in [3.63, 3.8) is 0 Å². The van der Waals surface area contributed by atoms with Crippen LogP contribution in [0, 0.1) is 24.0 Å². The number of nitrogen functional groups attached to an aromatic ring is 1. The summed E-state index contributed by atoms with van der Waals surface area (Å²) in [5, 5.41) is 25.2. The molecular weight excluding hydrogens is 368 g/mol. The molecule has 0 atom stereocenters. The first-order valence-corrected chi connectivity index (χ1v) is 8.05. The average Bonchev–Trinajstić information content (AvgIpc) is 3.26. The number of hydrazone groups is 1. The van der Waals surface area contributed by atoms with E-state index in [9.17, 15) is 14.9 Å². The normalized spacial score (nSPS) is 11.1. The maximum absolute atomic E-state index is 11.8. The summed E-state index contributed by atoms with van der Waals surface area (Å²) >= 11 is 0. The van der Waals surface area contributed by atoms with Crippen molar-refractivity contribution in [2.75, 3.05) is 5.73 Å². The number of rotatable bonds is 6. The van der Waals surface area contributed by atoms with E-state index in [0.29, 0.717) is 17.1 Å². The van der Waals surface area contributed by atoms with Gasteiger partial charge in [0.25, 0.3) is 11.6 Å². The summed E-state index contributed by atoms with van der Waals surface area (Å²) < 4.78 is 6.81. The van der Waals surface area contributed by atoms with E-state index in [-0.39, 0.29) is 18.2 Å². The number of anilines is 1. The standard InChI is InChI=1S/C16H16N8O4/c1-9-10(2)13(24(26)27)5-4-12(9)14-6-3-11(28-14)7-18-19-15(25)8-23-16(17)20-21-22-23/h3-7H,8H2,1-2H3,(H,19,25)(H2,17,20,22)/b18-7-. The number of tetrazole rings is 1. The molecule has 0 radical (unpaired) electrons. The van der Waals surface area contributed by atoms with E-state index < -0.39 is 10.8 Å². The lowest BCUT2D eigenvalue weighted by atomic mass is 10.00. The smallest absolute Gasteiger partial charge is 0.272 e. The zero-order valence-corrected chi connectivity index (χ0v) is 15.0. The third kappa shape index (κ3) is 3.85. The molecule has 144 valence electrons. The van der Waals surface area contributed by atoms with E-state index in [2.05, 4.69) is 26.1 Å².